The number of halogens is 3. The highest BCUT2D eigenvalue weighted by atomic mass is 19.4. The fraction of sp³-hybridized carbons (Fsp3) is 0.571. The van der Waals surface area contributed by atoms with Crippen LogP contribution >= 0.6 is 0 Å². The Kier molecular flexibility index (Phi) is 5.55. The van der Waals surface area contributed by atoms with Crippen molar-refractivity contribution in [3.8, 4) is 0 Å². The summed E-state index contributed by atoms with van der Waals surface area (Å²) in [6.07, 6.45) is -3.47. The molecule has 1 saturated heterocycles. The molecule has 0 spiro atoms. The van der Waals surface area contributed by atoms with Crippen molar-refractivity contribution in [1.82, 2.24) is 15.5 Å². The second kappa shape index (κ2) is 7.90. The van der Waals surface area contributed by atoms with Crippen molar-refractivity contribution >= 4 is 17.7 Å². The summed E-state index contributed by atoms with van der Waals surface area (Å²) >= 11 is 0. The summed E-state index contributed by atoms with van der Waals surface area (Å²) in [4.78, 5) is 37.7. The number of rotatable bonds is 4. The van der Waals surface area contributed by atoms with Gasteiger partial charge >= 0.3 is 6.18 Å². The van der Waals surface area contributed by atoms with Gasteiger partial charge in [0, 0.05) is 31.1 Å². The molecular formula is C21H25F3N4O3. The Morgan fingerprint density at radius 3 is 2.52 bits per heavy atom. The van der Waals surface area contributed by atoms with Crippen LogP contribution in [0, 0.1) is 0 Å². The third-order valence-corrected chi connectivity index (χ3v) is 6.65. The Hall–Kier alpha value is -2.46. The predicted molar refractivity (Wildman–Crippen MR) is 105 cm³/mol. The van der Waals surface area contributed by atoms with Crippen LogP contribution < -0.4 is 16.4 Å². The zero-order valence-corrected chi connectivity index (χ0v) is 16.9. The largest absolute Gasteiger partial charge is 0.406 e. The summed E-state index contributed by atoms with van der Waals surface area (Å²) in [7, 11) is 0. The molecule has 168 valence electrons. The summed E-state index contributed by atoms with van der Waals surface area (Å²) in [5.74, 6) is -1.17. The van der Waals surface area contributed by atoms with Gasteiger partial charge in [0.15, 0.2) is 0 Å². The molecule has 2 aliphatic heterocycles. The standard InChI is InChI=1S/C21H25F3N4O3/c22-21(23,24)20(7-5-14(25)6-8-20)26-10-12-1-2-15-13(9-12)11-28(19(15)31)16-3-4-17(29)27-18(16)30/h1-2,9,14,16,26H,3-8,10-11,25H2,(H,27,29,30). The van der Waals surface area contributed by atoms with Crippen LogP contribution in [0.5, 0.6) is 0 Å². The average molecular weight is 438 g/mol. The molecule has 3 aliphatic rings. The summed E-state index contributed by atoms with van der Waals surface area (Å²) < 4.78 is 41.4. The van der Waals surface area contributed by atoms with Gasteiger partial charge in [-0.25, -0.2) is 0 Å². The number of nitrogens with two attached hydrogens (primary N) is 1. The number of benzene rings is 1. The molecule has 31 heavy (non-hydrogen) atoms. The lowest BCUT2D eigenvalue weighted by Crippen LogP contribution is -2.59. The molecular weight excluding hydrogens is 413 g/mol. The molecule has 1 unspecified atom stereocenters. The number of hydrogen-bond donors (Lipinski definition) is 3. The molecule has 1 aliphatic carbocycles. The van der Waals surface area contributed by atoms with Crippen LogP contribution in [0.15, 0.2) is 18.2 Å². The summed E-state index contributed by atoms with van der Waals surface area (Å²) in [6.45, 7) is 0.197. The summed E-state index contributed by atoms with van der Waals surface area (Å²) in [5, 5.41) is 4.97. The van der Waals surface area contributed by atoms with Gasteiger partial charge in [-0.05, 0) is 49.3 Å². The zero-order valence-electron chi connectivity index (χ0n) is 16.9. The van der Waals surface area contributed by atoms with E-state index in [1.165, 1.54) is 4.90 Å². The molecule has 0 bridgehead atoms. The molecule has 0 aromatic heterocycles. The summed E-state index contributed by atoms with van der Waals surface area (Å²) in [5.41, 5.74) is 5.57. The van der Waals surface area contributed by atoms with E-state index in [0.29, 0.717) is 29.5 Å². The monoisotopic (exact) mass is 438 g/mol. The van der Waals surface area contributed by atoms with E-state index in [1.54, 1.807) is 18.2 Å². The van der Waals surface area contributed by atoms with E-state index in [0.717, 1.165) is 0 Å². The SMILES string of the molecule is NC1CCC(NCc2ccc3c(c2)CN(C2CCC(=O)NC2=O)C3=O)(C(F)(F)F)CC1. The maximum Gasteiger partial charge on any atom is 0.406 e. The van der Waals surface area contributed by atoms with Crippen molar-refractivity contribution in [2.24, 2.45) is 5.73 Å². The van der Waals surface area contributed by atoms with Crippen LogP contribution in [0.3, 0.4) is 0 Å². The van der Waals surface area contributed by atoms with E-state index in [2.05, 4.69) is 10.6 Å². The third-order valence-electron chi connectivity index (χ3n) is 6.65. The van der Waals surface area contributed by atoms with Gasteiger partial charge in [-0.15, -0.1) is 0 Å². The minimum atomic E-state index is -4.39. The van der Waals surface area contributed by atoms with E-state index in [9.17, 15) is 27.6 Å². The molecule has 4 rings (SSSR count). The average Bonchev–Trinajstić information content (AvgIpc) is 3.02. The number of alkyl halides is 3. The second-order valence-corrected chi connectivity index (χ2v) is 8.66. The first-order valence-electron chi connectivity index (χ1n) is 10.4. The minimum Gasteiger partial charge on any atom is -0.328 e. The highest BCUT2D eigenvalue weighted by Crippen LogP contribution is 2.41. The van der Waals surface area contributed by atoms with Gasteiger partial charge < -0.3 is 10.6 Å². The normalized spacial score (nSPS) is 29.2. The highest BCUT2D eigenvalue weighted by Gasteiger charge is 2.55. The van der Waals surface area contributed by atoms with Crippen LogP contribution in [0.1, 0.15) is 60.0 Å². The van der Waals surface area contributed by atoms with Gasteiger partial charge in [-0.1, -0.05) is 12.1 Å². The zero-order chi connectivity index (χ0) is 22.4. The van der Waals surface area contributed by atoms with Crippen LogP contribution in [0.2, 0.25) is 0 Å². The second-order valence-electron chi connectivity index (χ2n) is 8.66. The number of amides is 3. The number of piperidine rings is 1. The van der Waals surface area contributed by atoms with Gasteiger partial charge in [0.05, 0.1) is 0 Å². The molecule has 10 heteroatoms. The molecule has 0 radical (unpaired) electrons. The molecule has 1 aromatic carbocycles. The molecule has 1 saturated carbocycles. The van der Waals surface area contributed by atoms with E-state index in [4.69, 9.17) is 5.73 Å². The van der Waals surface area contributed by atoms with E-state index in [-0.39, 0.29) is 56.6 Å². The minimum absolute atomic E-state index is 0.00857. The third kappa shape index (κ3) is 4.06. The maximum atomic E-state index is 13.8. The Balaban J connectivity index is 1.47. The first-order chi connectivity index (χ1) is 14.6. The van der Waals surface area contributed by atoms with Crippen LogP contribution in [0.25, 0.3) is 0 Å². The number of nitrogens with zero attached hydrogens (tertiary/aromatic N) is 1. The van der Waals surface area contributed by atoms with Crippen molar-refractivity contribution in [3.63, 3.8) is 0 Å². The molecule has 1 atom stereocenters. The smallest absolute Gasteiger partial charge is 0.328 e. The first kappa shape index (κ1) is 21.8. The van der Waals surface area contributed by atoms with Crippen LogP contribution in [-0.2, 0) is 22.7 Å². The van der Waals surface area contributed by atoms with E-state index < -0.39 is 23.7 Å². The highest BCUT2D eigenvalue weighted by molar-refractivity contribution is 6.05. The fourth-order valence-electron chi connectivity index (χ4n) is 4.70. The lowest BCUT2D eigenvalue weighted by atomic mass is 9.79. The number of hydrogen-bond acceptors (Lipinski definition) is 5. The van der Waals surface area contributed by atoms with Gasteiger partial charge in [0.25, 0.3) is 5.91 Å². The van der Waals surface area contributed by atoms with Crippen molar-refractivity contribution in [3.05, 3.63) is 34.9 Å². The Bertz CT molecular complexity index is 910. The van der Waals surface area contributed by atoms with Gasteiger partial charge in [-0.2, -0.15) is 13.2 Å². The van der Waals surface area contributed by atoms with Gasteiger partial charge in [-0.3, -0.25) is 25.0 Å². The van der Waals surface area contributed by atoms with Crippen LogP contribution in [-0.4, -0.2) is 46.4 Å². The van der Waals surface area contributed by atoms with Gasteiger partial charge in [0.1, 0.15) is 11.6 Å². The number of imide groups is 1. The molecule has 1 aromatic rings. The molecule has 4 N–H and O–H groups in total. The number of fused-ring (bicyclic) bond motifs is 1. The lowest BCUT2D eigenvalue weighted by molar-refractivity contribution is -0.206. The quantitative estimate of drug-likeness (QED) is 0.622. The first-order valence-corrected chi connectivity index (χ1v) is 10.4. The van der Waals surface area contributed by atoms with Crippen molar-refractivity contribution < 1.29 is 27.6 Å². The van der Waals surface area contributed by atoms with E-state index in [1.807, 2.05) is 0 Å². The number of carbonyl (C=O) groups is 3. The van der Waals surface area contributed by atoms with Crippen molar-refractivity contribution in [2.45, 2.75) is 75.4 Å². The number of carbonyl (C=O) groups excluding carboxylic acids is 3. The van der Waals surface area contributed by atoms with Crippen molar-refractivity contribution in [1.29, 1.82) is 0 Å². The van der Waals surface area contributed by atoms with E-state index >= 15 is 0 Å². The van der Waals surface area contributed by atoms with Crippen LogP contribution in [0.4, 0.5) is 13.2 Å². The molecule has 3 amide bonds. The fourth-order valence-corrected chi connectivity index (χ4v) is 4.70. The molecule has 2 heterocycles. The van der Waals surface area contributed by atoms with Crippen molar-refractivity contribution in [2.75, 3.05) is 0 Å². The Morgan fingerprint density at radius 1 is 1.16 bits per heavy atom. The molecule has 2 fully saturated rings. The lowest BCUT2D eigenvalue weighted by Gasteiger charge is -2.41. The summed E-state index contributed by atoms with van der Waals surface area (Å²) in [6, 6.07) is 4.01. The van der Waals surface area contributed by atoms with Gasteiger partial charge in [0.2, 0.25) is 11.8 Å². The molecule has 7 nitrogen and oxygen atoms in total. The predicted octanol–water partition coefficient (Wildman–Crippen LogP) is 1.74. The Labute approximate surface area is 177 Å². The number of nitrogens with one attached hydrogen (secondary N) is 2. The Morgan fingerprint density at radius 2 is 1.87 bits per heavy atom. The maximum absolute atomic E-state index is 13.8. The topological polar surface area (TPSA) is 105 Å².